The average Bonchev–Trinajstić information content (AvgIpc) is 3.31. The van der Waals surface area contributed by atoms with Crippen molar-refractivity contribution in [1.29, 1.82) is 0 Å². The molecule has 1 N–H and O–H groups in total. The lowest BCUT2D eigenvalue weighted by molar-refractivity contribution is -0.163. The number of carboxylic acid groups (broad SMARTS) is 1. The molecule has 2 aliphatic rings. The number of likely N-dealkylation sites (tertiary alicyclic amines) is 1. The van der Waals surface area contributed by atoms with Crippen LogP contribution in [0.3, 0.4) is 0 Å². The van der Waals surface area contributed by atoms with E-state index in [2.05, 4.69) is 38.4 Å². The second-order valence-electron chi connectivity index (χ2n) is 12.4. The third-order valence-corrected chi connectivity index (χ3v) is 13.0. The molecule has 4 rings (SSSR count). The molecule has 0 spiro atoms. The van der Waals surface area contributed by atoms with Crippen LogP contribution in [0.15, 0.2) is 24.4 Å². The first-order valence-electron chi connectivity index (χ1n) is 14.1. The number of ether oxygens (including phenoxy) is 2. The maximum atomic E-state index is 14.1. The van der Waals surface area contributed by atoms with Crippen LogP contribution >= 0.6 is 0 Å². The van der Waals surface area contributed by atoms with Crippen LogP contribution in [-0.4, -0.2) is 66.6 Å². The van der Waals surface area contributed by atoms with Crippen molar-refractivity contribution in [2.45, 2.75) is 96.4 Å². The van der Waals surface area contributed by atoms with E-state index in [-0.39, 0.29) is 17.1 Å². The first-order chi connectivity index (χ1) is 18.3. The first-order valence-corrected chi connectivity index (χ1v) is 17.0. The summed E-state index contributed by atoms with van der Waals surface area (Å²) in [6, 6.07) is 5.03. The maximum absolute atomic E-state index is 14.1. The van der Waals surface area contributed by atoms with Gasteiger partial charge in [-0.05, 0) is 68.1 Å². The summed E-state index contributed by atoms with van der Waals surface area (Å²) >= 11 is 0. The van der Waals surface area contributed by atoms with E-state index in [1.807, 2.05) is 12.3 Å². The van der Waals surface area contributed by atoms with Gasteiger partial charge in [0.1, 0.15) is 17.2 Å². The Kier molecular flexibility index (Phi) is 8.90. The molecule has 10 heteroatoms. The van der Waals surface area contributed by atoms with Gasteiger partial charge in [0.2, 0.25) is 0 Å². The molecule has 1 atom stereocenters. The van der Waals surface area contributed by atoms with E-state index in [0.29, 0.717) is 44.6 Å². The van der Waals surface area contributed by atoms with Gasteiger partial charge in [-0.2, -0.15) is 0 Å². The average molecular weight is 562 g/mol. The fourth-order valence-corrected chi connectivity index (χ4v) is 6.67. The highest BCUT2D eigenvalue weighted by Gasteiger charge is 2.49. The van der Waals surface area contributed by atoms with Crippen molar-refractivity contribution in [3.63, 3.8) is 0 Å². The lowest BCUT2D eigenvalue weighted by atomic mass is 9.90. The summed E-state index contributed by atoms with van der Waals surface area (Å²) in [7, 11) is -2.28. The summed E-state index contributed by atoms with van der Waals surface area (Å²) in [5.41, 5.74) is 1.38. The second kappa shape index (κ2) is 11.7. The predicted octanol–water partition coefficient (Wildman–Crippen LogP) is 6.53. The van der Waals surface area contributed by atoms with Crippen molar-refractivity contribution in [3.05, 3.63) is 41.6 Å². The van der Waals surface area contributed by atoms with Gasteiger partial charge in [-0.25, -0.2) is 14.2 Å². The molecule has 2 aromatic rings. The van der Waals surface area contributed by atoms with Gasteiger partial charge in [-0.3, -0.25) is 0 Å². The first kappa shape index (κ1) is 29.7. The highest BCUT2D eigenvalue weighted by molar-refractivity contribution is 6.74. The molecule has 1 unspecified atom stereocenters. The van der Waals surface area contributed by atoms with E-state index in [1.54, 1.807) is 13.0 Å². The molecule has 0 radical (unpaired) electrons. The highest BCUT2D eigenvalue weighted by Crippen LogP contribution is 2.46. The summed E-state index contributed by atoms with van der Waals surface area (Å²) in [4.78, 5) is 18.4. The van der Waals surface area contributed by atoms with Crippen LogP contribution in [0.5, 0.6) is 0 Å². The fraction of sp³-hybridized carbons (Fsp3) is 0.655. The number of halogens is 1. The number of piperidine rings is 1. The van der Waals surface area contributed by atoms with Gasteiger partial charge in [-0.15, -0.1) is 0 Å². The third-order valence-electron chi connectivity index (χ3n) is 8.51. The SMILES string of the molecule is Cc1cc(-c2cn(CCOC3CCCCO3)c(C3(O[Si](C)(C)C(C)(C)C)CCN(C(=O)O)CC3)n2)ccc1F. The largest absolute Gasteiger partial charge is 0.465 e. The number of aromatic nitrogens is 2. The van der Waals surface area contributed by atoms with Crippen molar-refractivity contribution in [2.24, 2.45) is 0 Å². The van der Waals surface area contributed by atoms with E-state index in [9.17, 15) is 14.3 Å². The summed E-state index contributed by atoms with van der Waals surface area (Å²) in [6.07, 6.45) is 4.96. The standard InChI is InChI=1S/C29H44FN3O5Si/c1-21-19-22(10-11-23(21)30)24-20-33(16-18-37-25-9-7-8-17-36-25)26(31-24)29(38-39(5,6)28(2,3)4)12-14-32(15-13-29)27(34)35/h10-11,19-20,25H,7-9,12-18H2,1-6H3,(H,34,35). The summed E-state index contributed by atoms with van der Waals surface area (Å²) in [6.45, 7) is 15.3. The predicted molar refractivity (Wildman–Crippen MR) is 151 cm³/mol. The van der Waals surface area contributed by atoms with E-state index in [4.69, 9.17) is 18.9 Å². The second-order valence-corrected chi connectivity index (χ2v) is 17.1. The number of carbonyl (C=O) groups is 1. The Morgan fingerprint density at radius 3 is 2.56 bits per heavy atom. The Hall–Kier alpha value is -2.27. The van der Waals surface area contributed by atoms with E-state index >= 15 is 0 Å². The zero-order valence-corrected chi connectivity index (χ0v) is 25.3. The number of nitrogens with zero attached hydrogens (tertiary/aromatic N) is 3. The minimum Gasteiger partial charge on any atom is -0.465 e. The Balaban J connectivity index is 1.73. The van der Waals surface area contributed by atoms with Crippen LogP contribution in [0.4, 0.5) is 9.18 Å². The number of hydrogen-bond acceptors (Lipinski definition) is 5. The number of amides is 1. The molecular weight excluding hydrogens is 517 g/mol. The van der Waals surface area contributed by atoms with E-state index < -0.39 is 20.0 Å². The molecule has 0 bridgehead atoms. The molecule has 0 aliphatic carbocycles. The quantitative estimate of drug-likeness (QED) is 0.369. The molecule has 0 saturated carbocycles. The van der Waals surface area contributed by atoms with Crippen molar-refractivity contribution in [1.82, 2.24) is 14.5 Å². The molecule has 39 heavy (non-hydrogen) atoms. The van der Waals surface area contributed by atoms with Crippen molar-refractivity contribution in [2.75, 3.05) is 26.3 Å². The summed E-state index contributed by atoms with van der Waals surface area (Å²) < 4.78 is 35.2. The molecule has 216 valence electrons. The van der Waals surface area contributed by atoms with Gasteiger partial charge >= 0.3 is 6.09 Å². The maximum Gasteiger partial charge on any atom is 0.407 e. The molecule has 8 nitrogen and oxygen atoms in total. The third kappa shape index (κ3) is 6.73. The topological polar surface area (TPSA) is 86.1 Å². The van der Waals surface area contributed by atoms with Crippen LogP contribution in [0, 0.1) is 12.7 Å². The normalized spacial score (nSPS) is 20.3. The number of aryl methyl sites for hydroxylation is 1. The molecular formula is C29H44FN3O5Si. The summed E-state index contributed by atoms with van der Waals surface area (Å²) in [5.74, 6) is 0.528. The Morgan fingerprint density at radius 1 is 1.26 bits per heavy atom. The Morgan fingerprint density at radius 2 is 1.97 bits per heavy atom. The van der Waals surface area contributed by atoms with E-state index in [1.165, 1.54) is 11.0 Å². The summed E-state index contributed by atoms with van der Waals surface area (Å²) in [5, 5.41) is 9.61. The van der Waals surface area contributed by atoms with E-state index in [0.717, 1.165) is 43.0 Å². The van der Waals surface area contributed by atoms with Gasteiger partial charge in [0.25, 0.3) is 0 Å². The Labute approximate surface area is 232 Å². The lowest BCUT2D eigenvalue weighted by Gasteiger charge is -2.48. The van der Waals surface area contributed by atoms with Crippen LogP contribution in [0.1, 0.15) is 64.3 Å². The lowest BCUT2D eigenvalue weighted by Crippen LogP contribution is -2.54. The van der Waals surface area contributed by atoms with Crippen LogP contribution < -0.4 is 0 Å². The minimum atomic E-state index is -2.28. The van der Waals surface area contributed by atoms with Gasteiger partial charge < -0.3 is 28.5 Å². The van der Waals surface area contributed by atoms with Gasteiger partial charge in [-0.1, -0.05) is 20.8 Å². The molecule has 1 aromatic carbocycles. The van der Waals surface area contributed by atoms with Gasteiger partial charge in [0, 0.05) is 50.8 Å². The minimum absolute atomic E-state index is 0.0420. The molecule has 1 amide bonds. The highest BCUT2D eigenvalue weighted by atomic mass is 28.4. The van der Waals surface area contributed by atoms with Crippen molar-refractivity contribution in [3.8, 4) is 11.3 Å². The van der Waals surface area contributed by atoms with Crippen LogP contribution in [0.2, 0.25) is 18.1 Å². The number of hydrogen-bond donors (Lipinski definition) is 1. The van der Waals surface area contributed by atoms with Gasteiger partial charge in [0.05, 0.1) is 12.3 Å². The van der Waals surface area contributed by atoms with Crippen LogP contribution in [0.25, 0.3) is 11.3 Å². The molecule has 2 aliphatic heterocycles. The molecule has 1 aromatic heterocycles. The smallest absolute Gasteiger partial charge is 0.407 e. The van der Waals surface area contributed by atoms with Crippen molar-refractivity contribution >= 4 is 14.4 Å². The number of benzene rings is 1. The van der Waals surface area contributed by atoms with Crippen LogP contribution in [-0.2, 0) is 26.0 Å². The molecule has 3 heterocycles. The Bertz CT molecular complexity index is 1150. The fourth-order valence-electron chi connectivity index (χ4n) is 5.09. The zero-order valence-electron chi connectivity index (χ0n) is 24.3. The zero-order chi connectivity index (χ0) is 28.4. The number of imidazole rings is 1. The van der Waals surface area contributed by atoms with Crippen molar-refractivity contribution < 1.29 is 28.2 Å². The van der Waals surface area contributed by atoms with Gasteiger partial charge in [0.15, 0.2) is 14.6 Å². The molecule has 2 saturated heterocycles. The number of rotatable bonds is 8. The monoisotopic (exact) mass is 561 g/mol. The molecule has 2 fully saturated rings.